The molecule has 1 aromatic carbocycles. The minimum Gasteiger partial charge on any atom is -0.481 e. The average Bonchev–Trinajstić information content (AvgIpc) is 1.59. The van der Waals surface area contributed by atoms with Crippen LogP contribution in [-0.2, 0) is 102 Å². The van der Waals surface area contributed by atoms with E-state index in [-0.39, 0.29) is 31.8 Å². The summed E-state index contributed by atoms with van der Waals surface area (Å²) in [6, 6.07) is -10.7. The lowest BCUT2D eigenvalue weighted by Gasteiger charge is -2.30. The molecule has 20 N–H and O–H groups in total. The Balaban J connectivity index is 0.00000537. The van der Waals surface area contributed by atoms with Gasteiger partial charge in [-0.2, -0.15) is 13.2 Å². The summed E-state index contributed by atoms with van der Waals surface area (Å²) in [6.07, 6.45) is -9.19. The van der Waals surface area contributed by atoms with Crippen molar-refractivity contribution >= 4 is 119 Å². The number of hydrogen-bond acceptors (Lipinski definition) is 21. The van der Waals surface area contributed by atoms with Crippen molar-refractivity contribution < 1.29 is 140 Å². The number of hydrogen-bond donors (Lipinski definition) is 19. The van der Waals surface area contributed by atoms with Crippen molar-refractivity contribution in [3.8, 4) is 0 Å². The molecule has 12 atom stereocenters. The molecule has 2 heterocycles. The molecule has 0 aromatic heterocycles. The Morgan fingerprint density at radius 2 is 0.926 bits per heavy atom. The molecule has 2 aliphatic heterocycles. The van der Waals surface area contributed by atoms with E-state index in [0.29, 0.717) is 37.7 Å². The Labute approximate surface area is 614 Å². The van der Waals surface area contributed by atoms with Gasteiger partial charge in [-0.25, -0.2) is 4.79 Å². The fourth-order valence-corrected chi connectivity index (χ4v) is 10.2. The van der Waals surface area contributed by atoms with Crippen molar-refractivity contribution in [1.29, 1.82) is 0 Å². The highest BCUT2D eigenvalue weighted by molar-refractivity contribution is 6.01. The Kier molecular flexibility index (Phi) is 39.1. The van der Waals surface area contributed by atoms with Crippen LogP contribution in [0.1, 0.15) is 124 Å². The summed E-state index contributed by atoms with van der Waals surface area (Å²) in [5, 5.41) is 82.6. The van der Waals surface area contributed by atoms with Gasteiger partial charge in [0.1, 0.15) is 72.5 Å². The molecule has 1 aromatic rings. The number of nitrogens with two attached hydrogens (primary N) is 1. The van der Waals surface area contributed by atoms with E-state index < -0.39 is 256 Å². The van der Waals surface area contributed by atoms with E-state index >= 15 is 0 Å². The number of nitrogens with one attached hydrogen (secondary N) is 12. The number of carboxylic acids is 5. The Hall–Kier alpha value is -11.6. The number of benzene rings is 1. The molecule has 41 nitrogen and oxygen atoms in total. The standard InChI is InChI=1S/C62H90N15O24.C2HF3O2/c1-31(2)21-22-64-60(99)44-14-10-24-77(44)62(101)41(25-35-11-7-6-8-12-35)74-53(92)34(5)67-55(94)36(15-18-47(82)83)69-52(91)33(4)68-59(98)42(29-78)75-57(96)38(17-20-49(86)87)71-58(97)40(27-50(88)89)72-56(95)37(16-19-48(84)85)70-51(90)32(3)66-46(81)28-65-54(93)39(26-45(63)80)73-61(100)43-13-9-23-76(43)30-79;3-2(4,5)1(6)7/h6-8,11-12,22,30-34,36-44,78H,9-10,13-21,23-29H2,1-5H3,(H2,63,80)(H,64,99)(H,65,93)(H,66,81)(H,67,94)(H,68,98)(H,69,91)(H,70,90)(H,71,97)(H,72,95)(H,73,100)(H,74,92)(H,75,96)(H,82,83)(H,84,85)(H,86,87)(H,88,89);(H,6,7)/t32-,33-,34-,36-,37-,38-,39-,40-,41-,42-,43-,44-;/m0./s1. The minimum atomic E-state index is -5.08. The van der Waals surface area contributed by atoms with Crippen molar-refractivity contribution in [2.24, 2.45) is 11.7 Å². The van der Waals surface area contributed by atoms with Crippen LogP contribution in [0, 0.1) is 12.5 Å². The predicted molar refractivity (Wildman–Crippen MR) is 359 cm³/mol. The van der Waals surface area contributed by atoms with Gasteiger partial charge in [0.25, 0.3) is 0 Å². The average molecular weight is 1540 g/mol. The normalized spacial score (nSPS) is 16.5. The fraction of sp³-hybridized carbons (Fsp3) is 0.578. The van der Waals surface area contributed by atoms with E-state index in [9.17, 15) is 130 Å². The number of nitrogens with zero attached hydrogens (tertiary/aromatic N) is 2. The summed E-state index contributed by atoms with van der Waals surface area (Å²) >= 11 is 0. The van der Waals surface area contributed by atoms with E-state index in [1.165, 1.54) is 16.7 Å². The highest BCUT2D eigenvalue weighted by Crippen LogP contribution is 2.21. The third-order valence-corrected chi connectivity index (χ3v) is 15.9. The van der Waals surface area contributed by atoms with Crippen molar-refractivity contribution in [1.82, 2.24) is 73.6 Å². The van der Waals surface area contributed by atoms with Crippen LogP contribution in [0.2, 0.25) is 0 Å². The van der Waals surface area contributed by atoms with Crippen LogP contribution in [-0.4, -0.2) is 264 Å². The first-order chi connectivity index (χ1) is 50.5. The van der Waals surface area contributed by atoms with Crippen LogP contribution >= 0.6 is 0 Å². The first-order valence-electron chi connectivity index (χ1n) is 33.5. The van der Waals surface area contributed by atoms with Crippen LogP contribution in [0.4, 0.5) is 13.2 Å². The van der Waals surface area contributed by atoms with E-state index in [1.54, 1.807) is 36.9 Å². The second-order valence-corrected chi connectivity index (χ2v) is 25.2. The van der Waals surface area contributed by atoms with Gasteiger partial charge in [-0.3, -0.25) is 91.1 Å². The number of carbonyl (C=O) groups excluding carboxylic acids is 15. The number of alkyl halides is 3. The van der Waals surface area contributed by atoms with Crippen molar-refractivity contribution in [3.05, 3.63) is 42.4 Å². The van der Waals surface area contributed by atoms with E-state index in [1.807, 2.05) is 29.8 Å². The summed E-state index contributed by atoms with van der Waals surface area (Å²) in [7, 11) is 0. The van der Waals surface area contributed by atoms with E-state index in [2.05, 4.69) is 47.9 Å². The van der Waals surface area contributed by atoms with Crippen LogP contribution in [0.25, 0.3) is 0 Å². The number of aliphatic hydroxyl groups is 1. The number of aliphatic carboxylic acids is 5. The van der Waals surface area contributed by atoms with Gasteiger partial charge >= 0.3 is 36.0 Å². The van der Waals surface area contributed by atoms with Gasteiger partial charge in [-0.05, 0) is 83.6 Å². The van der Waals surface area contributed by atoms with Crippen LogP contribution in [0.5, 0.6) is 0 Å². The number of halogens is 3. The molecule has 15 amide bonds. The lowest BCUT2D eigenvalue weighted by Crippen LogP contribution is -2.61. The van der Waals surface area contributed by atoms with Crippen molar-refractivity contribution in [3.63, 3.8) is 0 Å². The number of primary amides is 1. The maximum atomic E-state index is 14.2. The molecule has 2 saturated heterocycles. The molecule has 44 heteroatoms. The molecule has 0 spiro atoms. The number of carbonyl (C=O) groups is 20. The summed E-state index contributed by atoms with van der Waals surface area (Å²) in [5.74, 6) is -23.8. The largest absolute Gasteiger partial charge is 0.490 e. The topological polar surface area (TPSA) is 640 Å². The quantitative estimate of drug-likeness (QED) is 0.0270. The summed E-state index contributed by atoms with van der Waals surface area (Å²) < 4.78 is 31.7. The molecule has 108 heavy (non-hydrogen) atoms. The highest BCUT2D eigenvalue weighted by Gasteiger charge is 2.41. The number of amides is 15. The number of aliphatic hydroxyl groups excluding tert-OH is 1. The number of rotatable bonds is 44. The SMILES string of the molecule is CC(C)C[CH]NC(=O)[C@@H]1CCCN1C(=O)[C@H](Cc1ccccc1)NC(=O)[C@H](C)NC(=O)[C@H](CCC(=O)O)NC(=O)[C@H](C)NC(=O)[C@H](CO)NC(=O)[C@H](CCC(=O)O)NC(=O)[C@H](CC(=O)O)NC(=O)[C@H](CCC(=O)O)NC(=O)[C@H](C)NC(=O)CNC(=O)[C@H](CC(N)=O)NC(=O)[C@@H]1CCCN1C=O.O=C(O)C(F)(F)F. The molecule has 0 aliphatic carbocycles. The molecule has 0 unspecified atom stereocenters. The Morgan fingerprint density at radius 3 is 1.38 bits per heavy atom. The minimum absolute atomic E-state index is 0.0318. The Morgan fingerprint density at radius 1 is 0.509 bits per heavy atom. The monoisotopic (exact) mass is 1540 g/mol. The van der Waals surface area contributed by atoms with Crippen LogP contribution in [0.15, 0.2) is 30.3 Å². The molecular formula is C64H91F3N15O26. The summed E-state index contributed by atoms with van der Waals surface area (Å²) in [5.41, 5.74) is 5.88. The first-order valence-corrected chi connectivity index (χ1v) is 33.5. The third kappa shape index (κ3) is 33.6. The summed E-state index contributed by atoms with van der Waals surface area (Å²) in [6.45, 7) is 7.21. The second-order valence-electron chi connectivity index (χ2n) is 25.2. The number of likely N-dealkylation sites (tertiary alicyclic amines) is 2. The molecule has 3 rings (SSSR count). The number of carboxylic acid groups (broad SMARTS) is 5. The molecular weight excluding hydrogens is 1450 g/mol. The third-order valence-electron chi connectivity index (χ3n) is 15.9. The fourth-order valence-electron chi connectivity index (χ4n) is 10.2. The maximum Gasteiger partial charge on any atom is 0.490 e. The van der Waals surface area contributed by atoms with Gasteiger partial charge < -0.3 is 110 Å². The molecule has 1 radical (unpaired) electrons. The van der Waals surface area contributed by atoms with Gasteiger partial charge in [-0.1, -0.05) is 44.2 Å². The zero-order valence-corrected chi connectivity index (χ0v) is 59.2. The molecule has 2 aliphatic rings. The molecule has 0 saturated carbocycles. The molecule has 599 valence electrons. The smallest absolute Gasteiger partial charge is 0.481 e. The lowest BCUT2D eigenvalue weighted by molar-refractivity contribution is -0.192. The van der Waals surface area contributed by atoms with Gasteiger partial charge in [0.15, 0.2) is 0 Å². The molecule has 0 bridgehead atoms. The van der Waals surface area contributed by atoms with Crippen LogP contribution < -0.4 is 69.5 Å². The molecule has 2 fully saturated rings. The zero-order valence-electron chi connectivity index (χ0n) is 59.2. The van der Waals surface area contributed by atoms with E-state index in [0.717, 1.165) is 13.8 Å². The first kappa shape index (κ1) is 92.5. The van der Waals surface area contributed by atoms with Gasteiger partial charge in [0.2, 0.25) is 89.1 Å². The zero-order chi connectivity index (χ0) is 81.9. The Bertz CT molecular complexity index is 3420. The summed E-state index contributed by atoms with van der Waals surface area (Å²) in [4.78, 5) is 257. The van der Waals surface area contributed by atoms with Crippen molar-refractivity contribution in [2.75, 3.05) is 26.2 Å². The van der Waals surface area contributed by atoms with Crippen molar-refractivity contribution in [2.45, 2.75) is 203 Å². The van der Waals surface area contributed by atoms with Gasteiger partial charge in [0.05, 0.1) is 26.0 Å². The van der Waals surface area contributed by atoms with Gasteiger partial charge in [0, 0.05) is 45.3 Å². The predicted octanol–water partition coefficient (Wildman–Crippen LogP) is -6.24. The van der Waals surface area contributed by atoms with Crippen LogP contribution in [0.3, 0.4) is 0 Å². The second kappa shape index (κ2) is 45.7. The van der Waals surface area contributed by atoms with E-state index in [4.69, 9.17) is 15.6 Å². The lowest BCUT2D eigenvalue weighted by atomic mass is 10.0. The maximum absolute atomic E-state index is 14.2. The van der Waals surface area contributed by atoms with Gasteiger partial charge in [-0.15, -0.1) is 0 Å². The highest BCUT2D eigenvalue weighted by atomic mass is 19.4.